The summed E-state index contributed by atoms with van der Waals surface area (Å²) in [6.45, 7) is 6.49. The first-order valence-corrected chi connectivity index (χ1v) is 9.60. The van der Waals surface area contributed by atoms with Crippen LogP contribution in [0.3, 0.4) is 0 Å². The van der Waals surface area contributed by atoms with Crippen molar-refractivity contribution in [3.63, 3.8) is 0 Å². The van der Waals surface area contributed by atoms with Crippen LogP contribution in [-0.2, 0) is 16.0 Å². The van der Waals surface area contributed by atoms with Gasteiger partial charge in [0.05, 0.1) is 0 Å². The average molecular weight is 373 g/mol. The van der Waals surface area contributed by atoms with Crippen molar-refractivity contribution in [3.05, 3.63) is 45.8 Å². The highest BCUT2D eigenvalue weighted by Gasteiger charge is 2.23. The van der Waals surface area contributed by atoms with E-state index in [1.807, 2.05) is 31.2 Å². The minimum atomic E-state index is -0.418. The quantitative estimate of drug-likeness (QED) is 0.754. The molecule has 1 amide bonds. The molecule has 26 heavy (non-hydrogen) atoms. The number of rotatable bonds is 5. The third kappa shape index (κ3) is 4.22. The second kappa shape index (κ2) is 8.31. The van der Waals surface area contributed by atoms with Crippen LogP contribution in [0.15, 0.2) is 30.5 Å². The molecule has 3 rings (SSSR count). The Kier molecular flexibility index (Phi) is 5.88. The maximum Gasteiger partial charge on any atom is 0.348 e. The number of aryl methyl sites for hydroxylation is 2. The summed E-state index contributed by atoms with van der Waals surface area (Å²) < 4.78 is 5.22. The van der Waals surface area contributed by atoms with Gasteiger partial charge < -0.3 is 14.5 Å². The molecule has 1 saturated heterocycles. The van der Waals surface area contributed by atoms with Crippen LogP contribution in [0.25, 0.3) is 0 Å². The van der Waals surface area contributed by atoms with Crippen LogP contribution in [0.4, 0.5) is 5.82 Å². The van der Waals surface area contributed by atoms with E-state index in [9.17, 15) is 9.59 Å². The fraction of sp³-hybridized carbons (Fsp3) is 0.421. The Morgan fingerprint density at radius 1 is 1.23 bits per heavy atom. The third-order valence-electron chi connectivity index (χ3n) is 4.54. The van der Waals surface area contributed by atoms with E-state index in [1.54, 1.807) is 11.1 Å². The second-order valence-electron chi connectivity index (χ2n) is 6.18. The molecule has 0 N–H and O–H groups in total. The molecule has 0 aromatic carbocycles. The smallest absolute Gasteiger partial charge is 0.348 e. The van der Waals surface area contributed by atoms with Crippen molar-refractivity contribution >= 4 is 29.0 Å². The van der Waals surface area contributed by atoms with Gasteiger partial charge in [0.25, 0.3) is 5.91 Å². The lowest BCUT2D eigenvalue weighted by Gasteiger charge is -2.35. The summed E-state index contributed by atoms with van der Waals surface area (Å²) in [4.78, 5) is 34.4. The molecular weight excluding hydrogens is 350 g/mol. The minimum Gasteiger partial charge on any atom is -0.451 e. The summed E-state index contributed by atoms with van der Waals surface area (Å²) in [5, 5.41) is 0. The molecule has 0 saturated carbocycles. The molecule has 1 aliphatic heterocycles. The molecule has 0 spiro atoms. The number of hydrogen-bond acceptors (Lipinski definition) is 6. The number of amides is 1. The van der Waals surface area contributed by atoms with E-state index in [4.69, 9.17) is 4.74 Å². The van der Waals surface area contributed by atoms with Crippen molar-refractivity contribution in [2.75, 3.05) is 37.7 Å². The highest BCUT2D eigenvalue weighted by molar-refractivity contribution is 7.14. The molecule has 1 aliphatic rings. The van der Waals surface area contributed by atoms with Crippen LogP contribution in [0.1, 0.15) is 27.0 Å². The zero-order chi connectivity index (χ0) is 18.5. The first-order valence-electron chi connectivity index (χ1n) is 8.78. The van der Waals surface area contributed by atoms with Crippen molar-refractivity contribution in [1.29, 1.82) is 0 Å². The number of nitrogens with zero attached hydrogens (tertiary/aromatic N) is 3. The van der Waals surface area contributed by atoms with Crippen molar-refractivity contribution in [1.82, 2.24) is 9.88 Å². The molecule has 0 atom stereocenters. The summed E-state index contributed by atoms with van der Waals surface area (Å²) in [5.41, 5.74) is 1.15. The number of pyridine rings is 1. The van der Waals surface area contributed by atoms with Crippen molar-refractivity contribution < 1.29 is 14.3 Å². The SMILES string of the molecule is CCc1cc(C(=O)OCC(=O)N2CCN(c3ccccn3)CC2)sc1C. The van der Waals surface area contributed by atoms with Crippen molar-refractivity contribution in [3.8, 4) is 0 Å². The van der Waals surface area contributed by atoms with E-state index in [0.717, 1.165) is 35.8 Å². The molecule has 0 unspecified atom stereocenters. The Balaban J connectivity index is 1.47. The van der Waals surface area contributed by atoms with Crippen LogP contribution >= 0.6 is 11.3 Å². The van der Waals surface area contributed by atoms with Crippen LogP contribution in [-0.4, -0.2) is 54.5 Å². The molecule has 2 aromatic heterocycles. The molecule has 0 bridgehead atoms. The summed E-state index contributed by atoms with van der Waals surface area (Å²) in [5.74, 6) is 0.354. The van der Waals surface area contributed by atoms with E-state index in [2.05, 4.69) is 16.8 Å². The molecule has 6 nitrogen and oxygen atoms in total. The van der Waals surface area contributed by atoms with Crippen LogP contribution in [0, 0.1) is 6.92 Å². The standard InChI is InChI=1S/C19H23N3O3S/c1-3-15-12-16(26-14(15)2)19(24)25-13-18(23)22-10-8-21(9-11-22)17-6-4-5-7-20-17/h4-7,12H,3,8-11,13H2,1-2H3. The van der Waals surface area contributed by atoms with Gasteiger partial charge in [0.1, 0.15) is 10.7 Å². The number of ether oxygens (including phenoxy) is 1. The van der Waals surface area contributed by atoms with Gasteiger partial charge in [-0.15, -0.1) is 11.3 Å². The van der Waals surface area contributed by atoms with Gasteiger partial charge in [0, 0.05) is 37.3 Å². The Hall–Kier alpha value is -2.41. The number of piperazine rings is 1. The average Bonchev–Trinajstić information content (AvgIpc) is 3.07. The zero-order valence-corrected chi connectivity index (χ0v) is 15.9. The molecular formula is C19H23N3O3S. The number of anilines is 1. The van der Waals surface area contributed by atoms with Crippen LogP contribution in [0.2, 0.25) is 0 Å². The predicted octanol–water partition coefficient (Wildman–Crippen LogP) is 2.52. The highest BCUT2D eigenvalue weighted by Crippen LogP contribution is 2.22. The number of esters is 1. The van der Waals surface area contributed by atoms with Gasteiger partial charge in [0.15, 0.2) is 6.61 Å². The first kappa shape index (κ1) is 18.4. The summed E-state index contributed by atoms with van der Waals surface area (Å²) in [6, 6.07) is 7.66. The molecule has 2 aromatic rings. The van der Waals surface area contributed by atoms with Crippen LogP contribution in [0.5, 0.6) is 0 Å². The third-order valence-corrected chi connectivity index (χ3v) is 5.61. The number of aromatic nitrogens is 1. The minimum absolute atomic E-state index is 0.150. The number of carbonyl (C=O) groups excluding carboxylic acids is 2. The number of hydrogen-bond donors (Lipinski definition) is 0. The Labute approximate surface area is 157 Å². The van der Waals surface area contributed by atoms with E-state index in [1.165, 1.54) is 11.3 Å². The molecule has 3 heterocycles. The fourth-order valence-electron chi connectivity index (χ4n) is 2.99. The van der Waals surface area contributed by atoms with Crippen molar-refractivity contribution in [2.45, 2.75) is 20.3 Å². The Morgan fingerprint density at radius 3 is 2.62 bits per heavy atom. The monoisotopic (exact) mass is 373 g/mol. The lowest BCUT2D eigenvalue weighted by molar-refractivity contribution is -0.134. The second-order valence-corrected chi connectivity index (χ2v) is 7.43. The Bertz CT molecular complexity index is 768. The zero-order valence-electron chi connectivity index (χ0n) is 15.1. The first-order chi connectivity index (χ1) is 12.6. The highest BCUT2D eigenvalue weighted by atomic mass is 32.1. The molecule has 0 radical (unpaired) electrons. The van der Waals surface area contributed by atoms with Crippen molar-refractivity contribution in [2.24, 2.45) is 0 Å². The maximum atomic E-state index is 12.3. The maximum absolute atomic E-state index is 12.3. The fourth-order valence-corrected chi connectivity index (χ4v) is 3.99. The van der Waals surface area contributed by atoms with Gasteiger partial charge in [-0.1, -0.05) is 13.0 Å². The van der Waals surface area contributed by atoms with Crippen LogP contribution < -0.4 is 4.90 Å². The van der Waals surface area contributed by atoms with E-state index >= 15 is 0 Å². The lowest BCUT2D eigenvalue weighted by atomic mass is 10.2. The predicted molar refractivity (Wildman–Crippen MR) is 102 cm³/mol. The van der Waals surface area contributed by atoms with Gasteiger partial charge in [-0.05, 0) is 37.1 Å². The number of carbonyl (C=O) groups is 2. The largest absolute Gasteiger partial charge is 0.451 e. The van der Waals surface area contributed by atoms with Gasteiger partial charge in [0.2, 0.25) is 0 Å². The Morgan fingerprint density at radius 2 is 2.00 bits per heavy atom. The molecule has 7 heteroatoms. The van der Waals surface area contributed by atoms with E-state index in [0.29, 0.717) is 18.0 Å². The summed E-state index contributed by atoms with van der Waals surface area (Å²) in [7, 11) is 0. The number of thiophene rings is 1. The normalized spacial score (nSPS) is 14.4. The van der Waals surface area contributed by atoms with Gasteiger partial charge in [-0.3, -0.25) is 4.79 Å². The molecule has 1 fully saturated rings. The topological polar surface area (TPSA) is 62.7 Å². The van der Waals surface area contributed by atoms with E-state index in [-0.39, 0.29) is 12.5 Å². The summed E-state index contributed by atoms with van der Waals surface area (Å²) >= 11 is 1.42. The van der Waals surface area contributed by atoms with Gasteiger partial charge in [-0.25, -0.2) is 9.78 Å². The lowest BCUT2D eigenvalue weighted by Crippen LogP contribution is -2.50. The van der Waals surface area contributed by atoms with Gasteiger partial charge >= 0.3 is 5.97 Å². The molecule has 0 aliphatic carbocycles. The summed E-state index contributed by atoms with van der Waals surface area (Å²) in [6.07, 6.45) is 2.65. The van der Waals surface area contributed by atoms with Gasteiger partial charge in [-0.2, -0.15) is 0 Å². The van der Waals surface area contributed by atoms with E-state index < -0.39 is 5.97 Å². The molecule has 138 valence electrons.